The molecule has 1 atom stereocenters. The standard InChI is InChI=1S/C20H27FN2O4/c1-2-14-7-9-20(10-8-14)18(25)23(19(26)22-20)11-16(24)13-27-12-15-5-3-4-6-17(15)21/h3-6,14,16,24H,2,7-13H2,1H3,(H,22,26)/t14?,16-,20?/m1/s1. The van der Waals surface area contributed by atoms with Gasteiger partial charge in [-0.05, 0) is 37.7 Å². The van der Waals surface area contributed by atoms with Crippen LogP contribution in [0.4, 0.5) is 9.18 Å². The van der Waals surface area contributed by atoms with Crippen LogP contribution in [0.5, 0.6) is 0 Å². The normalized spacial score (nSPS) is 26.5. The number of imide groups is 1. The van der Waals surface area contributed by atoms with E-state index in [0.717, 1.165) is 24.2 Å². The molecule has 1 saturated heterocycles. The summed E-state index contributed by atoms with van der Waals surface area (Å²) in [7, 11) is 0. The summed E-state index contributed by atoms with van der Waals surface area (Å²) in [5, 5.41) is 13.0. The summed E-state index contributed by atoms with van der Waals surface area (Å²) >= 11 is 0. The highest BCUT2D eigenvalue weighted by atomic mass is 19.1. The van der Waals surface area contributed by atoms with Gasteiger partial charge >= 0.3 is 6.03 Å². The molecule has 6 nitrogen and oxygen atoms in total. The first-order chi connectivity index (χ1) is 12.9. The topological polar surface area (TPSA) is 78.9 Å². The predicted molar refractivity (Wildman–Crippen MR) is 97.3 cm³/mol. The lowest BCUT2D eigenvalue weighted by atomic mass is 9.75. The highest BCUT2D eigenvalue weighted by Gasteiger charge is 2.52. The fourth-order valence-corrected chi connectivity index (χ4v) is 3.94. The summed E-state index contributed by atoms with van der Waals surface area (Å²) in [5.41, 5.74) is -0.414. The lowest BCUT2D eigenvalue weighted by Crippen LogP contribution is -2.50. The third kappa shape index (κ3) is 4.30. The average molecular weight is 378 g/mol. The smallest absolute Gasteiger partial charge is 0.325 e. The quantitative estimate of drug-likeness (QED) is 0.715. The molecule has 2 fully saturated rings. The molecule has 3 rings (SSSR count). The van der Waals surface area contributed by atoms with E-state index < -0.39 is 17.7 Å². The van der Waals surface area contributed by atoms with Crippen molar-refractivity contribution in [2.24, 2.45) is 5.92 Å². The molecular formula is C20H27FN2O4. The summed E-state index contributed by atoms with van der Waals surface area (Å²) in [6.45, 7) is 1.95. The number of aliphatic hydroxyl groups is 1. The molecule has 1 saturated carbocycles. The maximum Gasteiger partial charge on any atom is 0.325 e. The molecule has 1 spiro atoms. The van der Waals surface area contributed by atoms with Gasteiger partial charge in [-0.3, -0.25) is 9.69 Å². The van der Waals surface area contributed by atoms with Crippen LogP contribution in [0, 0.1) is 11.7 Å². The van der Waals surface area contributed by atoms with Crippen molar-refractivity contribution in [3.63, 3.8) is 0 Å². The third-order valence-electron chi connectivity index (χ3n) is 5.70. The number of halogens is 1. The van der Waals surface area contributed by atoms with Gasteiger partial charge < -0.3 is 15.2 Å². The number of nitrogens with zero attached hydrogens (tertiary/aromatic N) is 1. The van der Waals surface area contributed by atoms with Crippen molar-refractivity contribution in [1.82, 2.24) is 10.2 Å². The zero-order chi connectivity index (χ0) is 19.4. The lowest BCUT2D eigenvalue weighted by molar-refractivity contribution is -0.134. The molecule has 0 aromatic heterocycles. The van der Waals surface area contributed by atoms with Gasteiger partial charge in [0.25, 0.3) is 5.91 Å². The van der Waals surface area contributed by atoms with Gasteiger partial charge in [0, 0.05) is 5.56 Å². The number of urea groups is 1. The van der Waals surface area contributed by atoms with E-state index in [1.165, 1.54) is 6.07 Å². The van der Waals surface area contributed by atoms with Gasteiger partial charge in [-0.25, -0.2) is 9.18 Å². The molecule has 1 aromatic carbocycles. The van der Waals surface area contributed by atoms with Crippen molar-refractivity contribution in [3.05, 3.63) is 35.6 Å². The van der Waals surface area contributed by atoms with Crippen molar-refractivity contribution in [2.75, 3.05) is 13.2 Å². The second-order valence-corrected chi connectivity index (χ2v) is 7.54. The van der Waals surface area contributed by atoms with Crippen LogP contribution in [0.2, 0.25) is 0 Å². The average Bonchev–Trinajstić information content (AvgIpc) is 2.88. The van der Waals surface area contributed by atoms with Crippen molar-refractivity contribution in [2.45, 2.75) is 57.3 Å². The lowest BCUT2D eigenvalue weighted by Gasteiger charge is -2.34. The van der Waals surface area contributed by atoms with Crippen molar-refractivity contribution < 1.29 is 23.8 Å². The van der Waals surface area contributed by atoms with Gasteiger partial charge in [-0.2, -0.15) is 0 Å². The van der Waals surface area contributed by atoms with Crippen LogP contribution in [0.15, 0.2) is 24.3 Å². The number of hydrogen-bond donors (Lipinski definition) is 2. The van der Waals surface area contributed by atoms with E-state index in [1.807, 2.05) is 0 Å². The van der Waals surface area contributed by atoms with Crippen LogP contribution < -0.4 is 5.32 Å². The molecule has 0 bridgehead atoms. The Bertz CT molecular complexity index is 688. The summed E-state index contributed by atoms with van der Waals surface area (Å²) in [6.07, 6.45) is 3.20. The Morgan fingerprint density at radius 2 is 2.04 bits per heavy atom. The second kappa shape index (κ2) is 8.35. The second-order valence-electron chi connectivity index (χ2n) is 7.54. The molecule has 1 heterocycles. The van der Waals surface area contributed by atoms with E-state index in [-0.39, 0.29) is 31.5 Å². The zero-order valence-electron chi connectivity index (χ0n) is 15.6. The minimum Gasteiger partial charge on any atom is -0.389 e. The molecular weight excluding hydrogens is 351 g/mol. The number of benzene rings is 1. The summed E-state index contributed by atoms with van der Waals surface area (Å²) < 4.78 is 18.9. The number of rotatable bonds is 7. The number of amides is 3. The maximum absolute atomic E-state index is 13.6. The minimum absolute atomic E-state index is 0.0201. The van der Waals surface area contributed by atoms with Crippen LogP contribution >= 0.6 is 0 Å². The molecule has 27 heavy (non-hydrogen) atoms. The fraction of sp³-hybridized carbons (Fsp3) is 0.600. The van der Waals surface area contributed by atoms with E-state index in [1.54, 1.807) is 18.2 Å². The Hall–Kier alpha value is -1.99. The Morgan fingerprint density at radius 3 is 2.70 bits per heavy atom. The highest BCUT2D eigenvalue weighted by Crippen LogP contribution is 2.37. The first-order valence-electron chi connectivity index (χ1n) is 9.58. The Morgan fingerprint density at radius 1 is 1.33 bits per heavy atom. The van der Waals surface area contributed by atoms with E-state index in [2.05, 4.69) is 12.2 Å². The van der Waals surface area contributed by atoms with E-state index in [4.69, 9.17) is 4.74 Å². The largest absolute Gasteiger partial charge is 0.389 e. The molecule has 0 unspecified atom stereocenters. The van der Waals surface area contributed by atoms with Crippen molar-refractivity contribution >= 4 is 11.9 Å². The van der Waals surface area contributed by atoms with E-state index in [0.29, 0.717) is 24.3 Å². The summed E-state index contributed by atoms with van der Waals surface area (Å²) in [5.74, 6) is -0.0207. The molecule has 2 aliphatic rings. The monoisotopic (exact) mass is 378 g/mol. The van der Waals surface area contributed by atoms with Gasteiger partial charge in [0.1, 0.15) is 11.4 Å². The van der Waals surface area contributed by atoms with Gasteiger partial charge in [-0.15, -0.1) is 0 Å². The zero-order valence-corrected chi connectivity index (χ0v) is 15.6. The molecule has 1 aliphatic heterocycles. The Balaban J connectivity index is 1.50. The fourth-order valence-electron chi connectivity index (χ4n) is 3.94. The number of ether oxygens (including phenoxy) is 1. The van der Waals surface area contributed by atoms with Crippen LogP contribution in [-0.4, -0.2) is 46.7 Å². The Labute approximate surface area is 158 Å². The molecule has 148 valence electrons. The molecule has 3 amide bonds. The highest BCUT2D eigenvalue weighted by molar-refractivity contribution is 6.07. The molecule has 1 aliphatic carbocycles. The SMILES string of the molecule is CCC1CCC2(CC1)NC(=O)N(C[C@@H](O)COCc1ccccc1F)C2=O. The number of carbonyl (C=O) groups is 2. The first kappa shape index (κ1) is 19.8. The molecule has 2 N–H and O–H groups in total. The van der Waals surface area contributed by atoms with Gasteiger partial charge in [0.05, 0.1) is 25.9 Å². The maximum atomic E-state index is 13.6. The van der Waals surface area contributed by atoms with Crippen LogP contribution in [-0.2, 0) is 16.1 Å². The molecule has 7 heteroatoms. The van der Waals surface area contributed by atoms with Crippen molar-refractivity contribution in [1.29, 1.82) is 0 Å². The number of β-amino-alcohol motifs (C(OH)–C–C–N with tert-alkyl or cyclic N) is 1. The predicted octanol–water partition coefficient (Wildman–Crippen LogP) is 2.59. The number of hydrogen-bond acceptors (Lipinski definition) is 4. The van der Waals surface area contributed by atoms with Crippen LogP contribution in [0.25, 0.3) is 0 Å². The number of aliphatic hydroxyl groups excluding tert-OH is 1. The van der Waals surface area contributed by atoms with Crippen LogP contribution in [0.1, 0.15) is 44.6 Å². The van der Waals surface area contributed by atoms with E-state index >= 15 is 0 Å². The van der Waals surface area contributed by atoms with Gasteiger partial charge in [0.15, 0.2) is 0 Å². The summed E-state index contributed by atoms with van der Waals surface area (Å²) in [6, 6.07) is 5.79. The minimum atomic E-state index is -1.02. The van der Waals surface area contributed by atoms with Crippen LogP contribution in [0.3, 0.4) is 0 Å². The first-order valence-corrected chi connectivity index (χ1v) is 9.58. The Kier molecular flexibility index (Phi) is 6.11. The van der Waals surface area contributed by atoms with E-state index in [9.17, 15) is 19.1 Å². The number of nitrogens with one attached hydrogen (secondary N) is 1. The molecule has 1 aromatic rings. The summed E-state index contributed by atoms with van der Waals surface area (Å²) in [4.78, 5) is 26.2. The van der Waals surface area contributed by atoms with Gasteiger partial charge in [0.2, 0.25) is 0 Å². The molecule has 0 radical (unpaired) electrons. The van der Waals surface area contributed by atoms with Crippen molar-refractivity contribution in [3.8, 4) is 0 Å². The van der Waals surface area contributed by atoms with Gasteiger partial charge in [-0.1, -0.05) is 31.5 Å². The third-order valence-corrected chi connectivity index (χ3v) is 5.70. The number of carbonyl (C=O) groups excluding carboxylic acids is 2.